The molecule has 3 amide bonds. The van der Waals surface area contributed by atoms with Gasteiger partial charge >= 0.3 is 0 Å². The second kappa shape index (κ2) is 9.70. The quantitative estimate of drug-likeness (QED) is 0.638. The van der Waals surface area contributed by atoms with E-state index in [0.717, 1.165) is 27.9 Å². The lowest BCUT2D eigenvalue weighted by Crippen LogP contribution is -2.22. The lowest BCUT2D eigenvalue weighted by molar-refractivity contribution is -0.121. The molecule has 7 nitrogen and oxygen atoms in total. The van der Waals surface area contributed by atoms with E-state index >= 15 is 0 Å². The second-order valence-corrected chi connectivity index (χ2v) is 8.22. The number of rotatable bonds is 7. The van der Waals surface area contributed by atoms with E-state index in [1.165, 1.54) is 14.2 Å². The molecule has 0 saturated carbocycles. The Balaban J connectivity index is 1.68. The number of thioether (sulfide) groups is 1. The van der Waals surface area contributed by atoms with E-state index in [0.29, 0.717) is 22.0 Å². The average molecular weight is 441 g/mol. The number of methoxy groups -OCH3 is 1. The molecule has 0 radical (unpaired) electrons. The first-order valence-corrected chi connectivity index (χ1v) is 10.5. The van der Waals surface area contributed by atoms with Gasteiger partial charge in [-0.05, 0) is 53.1 Å². The number of benzene rings is 2. The van der Waals surface area contributed by atoms with E-state index in [1.54, 1.807) is 24.3 Å². The Bertz CT molecular complexity index is 1050. The Morgan fingerprint density at radius 1 is 1.16 bits per heavy atom. The number of nitrogens with zero attached hydrogens (tertiary/aromatic N) is 1. The molecular formula is C23H24N2O5S. The zero-order chi connectivity index (χ0) is 22.5. The number of amides is 3. The van der Waals surface area contributed by atoms with Crippen molar-refractivity contribution < 1.29 is 23.9 Å². The highest BCUT2D eigenvalue weighted by atomic mass is 32.2. The van der Waals surface area contributed by atoms with Crippen LogP contribution >= 0.6 is 11.8 Å². The minimum absolute atomic E-state index is 0.184. The van der Waals surface area contributed by atoms with Gasteiger partial charge in [-0.1, -0.05) is 38.1 Å². The van der Waals surface area contributed by atoms with E-state index in [4.69, 9.17) is 9.47 Å². The molecule has 1 aliphatic rings. The predicted molar refractivity (Wildman–Crippen MR) is 121 cm³/mol. The minimum atomic E-state index is -0.340. The van der Waals surface area contributed by atoms with Crippen molar-refractivity contribution >= 4 is 40.6 Å². The molecule has 0 atom stereocenters. The van der Waals surface area contributed by atoms with Crippen LogP contribution in [0.5, 0.6) is 11.5 Å². The first kappa shape index (κ1) is 22.4. The summed E-state index contributed by atoms with van der Waals surface area (Å²) in [6, 6.07) is 12.7. The predicted octanol–water partition coefficient (Wildman–Crippen LogP) is 4.50. The minimum Gasteiger partial charge on any atom is -0.493 e. The number of hydrogen-bond acceptors (Lipinski definition) is 6. The van der Waals surface area contributed by atoms with Crippen LogP contribution in [0.1, 0.15) is 30.9 Å². The third-order valence-corrected chi connectivity index (χ3v) is 5.65. The molecule has 1 heterocycles. The molecule has 162 valence electrons. The lowest BCUT2D eigenvalue weighted by atomic mass is 10.0. The van der Waals surface area contributed by atoms with Crippen molar-refractivity contribution in [3.05, 3.63) is 58.5 Å². The highest BCUT2D eigenvalue weighted by Gasteiger charge is 2.31. The van der Waals surface area contributed by atoms with Gasteiger partial charge in [-0.2, -0.15) is 0 Å². The van der Waals surface area contributed by atoms with Crippen LogP contribution in [0.2, 0.25) is 0 Å². The number of ether oxygens (including phenoxy) is 2. The number of anilines is 1. The molecule has 0 unspecified atom stereocenters. The molecule has 1 N–H and O–H groups in total. The molecule has 8 heteroatoms. The summed E-state index contributed by atoms with van der Waals surface area (Å²) in [6.07, 6.45) is 1.62. The monoisotopic (exact) mass is 440 g/mol. The van der Waals surface area contributed by atoms with Crippen molar-refractivity contribution in [2.75, 3.05) is 26.1 Å². The Labute approximate surface area is 185 Å². The Hall–Kier alpha value is -3.26. The molecule has 3 rings (SSSR count). The van der Waals surface area contributed by atoms with Gasteiger partial charge in [-0.3, -0.25) is 19.3 Å². The molecule has 1 fully saturated rings. The van der Waals surface area contributed by atoms with Gasteiger partial charge in [-0.25, -0.2) is 0 Å². The molecule has 0 aromatic heterocycles. The molecule has 2 aromatic rings. The highest BCUT2D eigenvalue weighted by Crippen LogP contribution is 2.34. The average Bonchev–Trinajstić information content (AvgIpc) is 2.99. The zero-order valence-corrected chi connectivity index (χ0v) is 18.6. The first-order chi connectivity index (χ1) is 14.8. The number of likely N-dealkylation sites (N-methyl/N-ethyl adjacent to an activating group) is 1. The topological polar surface area (TPSA) is 84.9 Å². The summed E-state index contributed by atoms with van der Waals surface area (Å²) in [7, 11) is 2.94. The summed E-state index contributed by atoms with van der Waals surface area (Å²) < 4.78 is 11.0. The summed E-state index contributed by atoms with van der Waals surface area (Å²) in [6.45, 7) is 3.94. The number of imide groups is 1. The van der Waals surface area contributed by atoms with Gasteiger partial charge in [0.05, 0.1) is 12.0 Å². The standard InChI is InChI=1S/C23H24N2O5S/c1-14(2)16-7-5-6-8-17(16)24-21(26)13-30-18-10-9-15(11-19(18)29-4)12-20-22(27)25(3)23(28)31-20/h5-12,14H,13H2,1-4H3,(H,24,26)/b20-12-. The summed E-state index contributed by atoms with van der Waals surface area (Å²) >= 11 is 0.886. The fourth-order valence-corrected chi connectivity index (χ4v) is 3.86. The zero-order valence-electron chi connectivity index (χ0n) is 17.8. The van der Waals surface area contributed by atoms with Crippen LogP contribution < -0.4 is 14.8 Å². The van der Waals surface area contributed by atoms with Crippen LogP contribution in [0, 0.1) is 0 Å². The molecule has 1 saturated heterocycles. The fourth-order valence-electron chi connectivity index (χ4n) is 3.03. The van der Waals surface area contributed by atoms with Crippen molar-refractivity contribution in [1.82, 2.24) is 4.90 Å². The Morgan fingerprint density at radius 3 is 2.55 bits per heavy atom. The van der Waals surface area contributed by atoms with Crippen LogP contribution in [0.15, 0.2) is 47.4 Å². The second-order valence-electron chi connectivity index (χ2n) is 7.23. The fraction of sp³-hybridized carbons (Fsp3) is 0.261. The van der Waals surface area contributed by atoms with Gasteiger partial charge < -0.3 is 14.8 Å². The molecule has 1 aliphatic heterocycles. The van der Waals surface area contributed by atoms with E-state index in [9.17, 15) is 14.4 Å². The van der Waals surface area contributed by atoms with Crippen LogP contribution in [0.4, 0.5) is 10.5 Å². The van der Waals surface area contributed by atoms with Gasteiger partial charge in [0.2, 0.25) is 0 Å². The number of para-hydroxylation sites is 1. The maximum Gasteiger partial charge on any atom is 0.293 e. The first-order valence-electron chi connectivity index (χ1n) is 9.71. The van der Waals surface area contributed by atoms with Crippen LogP contribution in [0.25, 0.3) is 6.08 Å². The van der Waals surface area contributed by atoms with Crippen molar-refractivity contribution in [2.24, 2.45) is 0 Å². The van der Waals surface area contributed by atoms with Crippen LogP contribution in [0.3, 0.4) is 0 Å². The van der Waals surface area contributed by atoms with E-state index < -0.39 is 0 Å². The van der Waals surface area contributed by atoms with Gasteiger partial charge in [0.1, 0.15) is 0 Å². The molecule has 0 aliphatic carbocycles. The largest absolute Gasteiger partial charge is 0.493 e. The van der Waals surface area contributed by atoms with Gasteiger partial charge in [0.15, 0.2) is 18.1 Å². The molecule has 31 heavy (non-hydrogen) atoms. The maximum atomic E-state index is 12.4. The number of carbonyl (C=O) groups excluding carboxylic acids is 3. The summed E-state index contributed by atoms with van der Waals surface area (Å²) in [5.41, 5.74) is 2.49. The van der Waals surface area contributed by atoms with Gasteiger partial charge in [-0.15, -0.1) is 0 Å². The maximum absolute atomic E-state index is 12.4. The van der Waals surface area contributed by atoms with Gasteiger partial charge in [0.25, 0.3) is 17.1 Å². The van der Waals surface area contributed by atoms with E-state index in [1.807, 2.05) is 24.3 Å². The smallest absolute Gasteiger partial charge is 0.293 e. The van der Waals surface area contributed by atoms with E-state index in [-0.39, 0.29) is 29.6 Å². The summed E-state index contributed by atoms with van der Waals surface area (Å²) in [4.78, 5) is 37.5. The van der Waals surface area contributed by atoms with Crippen LogP contribution in [-0.2, 0) is 9.59 Å². The molecule has 2 aromatic carbocycles. The third kappa shape index (κ3) is 5.27. The number of nitrogens with one attached hydrogen (secondary N) is 1. The summed E-state index contributed by atoms with van der Waals surface area (Å²) in [5, 5.41) is 2.57. The Kier molecular flexibility index (Phi) is 7.02. The third-order valence-electron chi connectivity index (χ3n) is 4.69. The molecule has 0 spiro atoms. The molecule has 0 bridgehead atoms. The van der Waals surface area contributed by atoms with Crippen LogP contribution in [-0.4, -0.2) is 42.7 Å². The SMILES string of the molecule is COc1cc(/C=C2\SC(=O)N(C)C2=O)ccc1OCC(=O)Nc1ccccc1C(C)C. The molecular weight excluding hydrogens is 416 g/mol. The van der Waals surface area contributed by atoms with Crippen molar-refractivity contribution in [2.45, 2.75) is 19.8 Å². The van der Waals surface area contributed by atoms with E-state index in [2.05, 4.69) is 19.2 Å². The van der Waals surface area contributed by atoms with Crippen molar-refractivity contribution in [3.8, 4) is 11.5 Å². The normalized spacial score (nSPS) is 15.0. The van der Waals surface area contributed by atoms with Crippen molar-refractivity contribution in [1.29, 1.82) is 0 Å². The summed E-state index contributed by atoms with van der Waals surface area (Å²) in [5.74, 6) is 0.470. The Morgan fingerprint density at radius 2 is 1.90 bits per heavy atom. The highest BCUT2D eigenvalue weighted by molar-refractivity contribution is 8.18. The number of carbonyl (C=O) groups is 3. The van der Waals surface area contributed by atoms with Gasteiger partial charge in [0, 0.05) is 12.7 Å². The number of hydrogen-bond donors (Lipinski definition) is 1. The van der Waals surface area contributed by atoms with Crippen molar-refractivity contribution in [3.63, 3.8) is 0 Å². The lowest BCUT2D eigenvalue weighted by Gasteiger charge is -2.15.